The van der Waals surface area contributed by atoms with Crippen LogP contribution in [0, 0.1) is 6.92 Å². The van der Waals surface area contributed by atoms with E-state index < -0.39 is 0 Å². The molecule has 3 heteroatoms. The van der Waals surface area contributed by atoms with E-state index in [0.29, 0.717) is 5.75 Å². The second-order valence-electron chi connectivity index (χ2n) is 5.18. The second-order valence-corrected chi connectivity index (χ2v) is 6.17. The van der Waals surface area contributed by atoms with Crippen LogP contribution in [0.2, 0.25) is 0 Å². The van der Waals surface area contributed by atoms with Gasteiger partial charge < -0.3 is 5.32 Å². The lowest BCUT2D eigenvalue weighted by atomic mass is 10.1. The van der Waals surface area contributed by atoms with Crippen LogP contribution in [-0.2, 0) is 10.5 Å². The van der Waals surface area contributed by atoms with Crippen LogP contribution in [0.5, 0.6) is 0 Å². The molecule has 0 aliphatic carbocycles. The number of carbonyl (C=O) groups excluding carboxylic acids is 1. The first-order valence-electron chi connectivity index (χ1n) is 7.13. The van der Waals surface area contributed by atoms with Crippen LogP contribution in [0.25, 0.3) is 0 Å². The minimum absolute atomic E-state index is 0.0540. The summed E-state index contributed by atoms with van der Waals surface area (Å²) in [5, 5.41) is 3.03. The summed E-state index contributed by atoms with van der Waals surface area (Å²) in [5.41, 5.74) is 3.66. The standard InChI is InChI=1S/C18H21NOS/c1-14-7-6-8-16(11-14)12-21-13-18(20)19-15(2)17-9-4-3-5-10-17/h3-11,15H,12-13H2,1-2H3,(H,19,20). The van der Waals surface area contributed by atoms with Crippen LogP contribution in [0.15, 0.2) is 54.6 Å². The number of thioether (sulfide) groups is 1. The van der Waals surface area contributed by atoms with E-state index in [2.05, 4.69) is 36.5 Å². The number of carbonyl (C=O) groups is 1. The molecule has 2 rings (SSSR count). The van der Waals surface area contributed by atoms with Gasteiger partial charge in [-0.25, -0.2) is 0 Å². The molecule has 1 unspecified atom stereocenters. The highest BCUT2D eigenvalue weighted by Crippen LogP contribution is 2.15. The molecule has 1 amide bonds. The van der Waals surface area contributed by atoms with E-state index in [-0.39, 0.29) is 11.9 Å². The van der Waals surface area contributed by atoms with E-state index in [0.717, 1.165) is 11.3 Å². The first kappa shape index (κ1) is 15.6. The van der Waals surface area contributed by atoms with Gasteiger partial charge in [-0.05, 0) is 25.0 Å². The number of amides is 1. The summed E-state index contributed by atoms with van der Waals surface area (Å²) in [7, 11) is 0. The zero-order valence-electron chi connectivity index (χ0n) is 12.5. The molecule has 110 valence electrons. The van der Waals surface area contributed by atoms with E-state index in [4.69, 9.17) is 0 Å². The van der Waals surface area contributed by atoms with Crippen molar-refractivity contribution < 1.29 is 4.79 Å². The van der Waals surface area contributed by atoms with Crippen LogP contribution < -0.4 is 5.32 Å². The average molecular weight is 299 g/mol. The smallest absolute Gasteiger partial charge is 0.230 e. The van der Waals surface area contributed by atoms with Gasteiger partial charge in [-0.1, -0.05) is 60.2 Å². The van der Waals surface area contributed by atoms with Crippen molar-refractivity contribution >= 4 is 17.7 Å². The highest BCUT2D eigenvalue weighted by molar-refractivity contribution is 7.99. The lowest BCUT2D eigenvalue weighted by Crippen LogP contribution is -2.28. The maximum atomic E-state index is 12.0. The van der Waals surface area contributed by atoms with Gasteiger partial charge in [0.25, 0.3) is 0 Å². The number of nitrogens with one attached hydrogen (secondary N) is 1. The maximum absolute atomic E-state index is 12.0. The van der Waals surface area contributed by atoms with Crippen LogP contribution in [-0.4, -0.2) is 11.7 Å². The van der Waals surface area contributed by atoms with Gasteiger partial charge in [-0.3, -0.25) is 4.79 Å². The fourth-order valence-electron chi connectivity index (χ4n) is 2.17. The molecule has 0 saturated heterocycles. The summed E-state index contributed by atoms with van der Waals surface area (Å²) < 4.78 is 0. The minimum atomic E-state index is 0.0540. The Morgan fingerprint density at radius 1 is 1.14 bits per heavy atom. The Balaban J connectivity index is 1.75. The summed E-state index contributed by atoms with van der Waals surface area (Å²) in [5.74, 6) is 1.45. The molecule has 1 atom stereocenters. The molecule has 0 heterocycles. The minimum Gasteiger partial charge on any atom is -0.349 e. The van der Waals surface area contributed by atoms with Gasteiger partial charge in [0, 0.05) is 5.75 Å². The number of hydrogen-bond donors (Lipinski definition) is 1. The number of rotatable bonds is 6. The van der Waals surface area contributed by atoms with Crippen molar-refractivity contribution in [3.8, 4) is 0 Å². The van der Waals surface area contributed by atoms with E-state index in [1.54, 1.807) is 11.8 Å². The highest BCUT2D eigenvalue weighted by atomic mass is 32.2. The van der Waals surface area contributed by atoms with Crippen molar-refractivity contribution in [2.75, 3.05) is 5.75 Å². The molecule has 2 aromatic rings. The number of aryl methyl sites for hydroxylation is 1. The Labute approximate surface area is 131 Å². The SMILES string of the molecule is Cc1cccc(CSCC(=O)NC(C)c2ccccc2)c1. The number of hydrogen-bond acceptors (Lipinski definition) is 2. The van der Waals surface area contributed by atoms with Crippen molar-refractivity contribution in [2.24, 2.45) is 0 Å². The summed E-state index contributed by atoms with van der Waals surface area (Å²) in [4.78, 5) is 12.0. The largest absolute Gasteiger partial charge is 0.349 e. The third kappa shape index (κ3) is 5.27. The predicted octanol–water partition coefficient (Wildman–Crippen LogP) is 4.11. The van der Waals surface area contributed by atoms with Crippen molar-refractivity contribution in [1.82, 2.24) is 5.32 Å². The van der Waals surface area contributed by atoms with Gasteiger partial charge in [0.15, 0.2) is 0 Å². The Bertz CT molecular complexity index is 583. The van der Waals surface area contributed by atoms with Gasteiger partial charge in [-0.2, -0.15) is 0 Å². The van der Waals surface area contributed by atoms with Gasteiger partial charge in [0.2, 0.25) is 5.91 Å². The molecule has 0 bridgehead atoms. The molecule has 0 fully saturated rings. The van der Waals surface area contributed by atoms with Crippen molar-refractivity contribution in [3.05, 3.63) is 71.3 Å². The lowest BCUT2D eigenvalue weighted by Gasteiger charge is -2.14. The van der Waals surface area contributed by atoms with E-state index >= 15 is 0 Å². The Hall–Kier alpha value is -1.74. The molecule has 0 aliphatic rings. The monoisotopic (exact) mass is 299 g/mol. The topological polar surface area (TPSA) is 29.1 Å². The van der Waals surface area contributed by atoms with E-state index in [1.165, 1.54) is 11.1 Å². The van der Waals surface area contributed by atoms with Gasteiger partial charge in [0.05, 0.1) is 11.8 Å². The van der Waals surface area contributed by atoms with Gasteiger partial charge >= 0.3 is 0 Å². The predicted molar refractivity (Wildman–Crippen MR) is 90.3 cm³/mol. The normalized spacial score (nSPS) is 11.9. The molecule has 21 heavy (non-hydrogen) atoms. The molecular weight excluding hydrogens is 278 g/mol. The summed E-state index contributed by atoms with van der Waals surface area (Å²) in [6, 6.07) is 18.5. The van der Waals surface area contributed by atoms with Crippen molar-refractivity contribution in [2.45, 2.75) is 25.6 Å². The number of benzene rings is 2. The van der Waals surface area contributed by atoms with Gasteiger partial charge in [-0.15, -0.1) is 11.8 Å². The Morgan fingerprint density at radius 3 is 2.62 bits per heavy atom. The van der Waals surface area contributed by atoms with E-state index in [9.17, 15) is 4.79 Å². The summed E-state index contributed by atoms with van der Waals surface area (Å²) >= 11 is 1.65. The zero-order valence-corrected chi connectivity index (χ0v) is 13.3. The first-order valence-corrected chi connectivity index (χ1v) is 8.28. The molecule has 0 aromatic heterocycles. The summed E-state index contributed by atoms with van der Waals surface area (Å²) in [6.45, 7) is 4.10. The quantitative estimate of drug-likeness (QED) is 0.870. The third-order valence-electron chi connectivity index (χ3n) is 3.26. The fourth-order valence-corrected chi connectivity index (χ4v) is 2.96. The second kappa shape index (κ2) is 7.89. The van der Waals surface area contributed by atoms with Crippen molar-refractivity contribution in [1.29, 1.82) is 0 Å². The Kier molecular flexibility index (Phi) is 5.88. The van der Waals surface area contributed by atoms with Crippen LogP contribution in [0.4, 0.5) is 0 Å². The lowest BCUT2D eigenvalue weighted by molar-refractivity contribution is -0.119. The molecule has 1 N–H and O–H groups in total. The molecule has 2 nitrogen and oxygen atoms in total. The molecule has 0 radical (unpaired) electrons. The zero-order chi connectivity index (χ0) is 15.1. The fraction of sp³-hybridized carbons (Fsp3) is 0.278. The molecular formula is C18H21NOS. The third-order valence-corrected chi connectivity index (χ3v) is 4.27. The molecule has 0 spiro atoms. The Morgan fingerprint density at radius 2 is 1.90 bits per heavy atom. The molecule has 0 saturated carbocycles. The van der Waals surface area contributed by atoms with Crippen LogP contribution in [0.3, 0.4) is 0 Å². The van der Waals surface area contributed by atoms with Gasteiger partial charge in [0.1, 0.15) is 0 Å². The summed E-state index contributed by atoms with van der Waals surface area (Å²) in [6.07, 6.45) is 0. The molecule has 0 aliphatic heterocycles. The first-order chi connectivity index (χ1) is 10.1. The van der Waals surface area contributed by atoms with Crippen LogP contribution in [0.1, 0.15) is 29.7 Å². The maximum Gasteiger partial charge on any atom is 0.230 e. The molecule has 2 aromatic carbocycles. The van der Waals surface area contributed by atoms with E-state index in [1.807, 2.05) is 37.3 Å². The van der Waals surface area contributed by atoms with Crippen LogP contribution >= 0.6 is 11.8 Å². The average Bonchev–Trinajstić information content (AvgIpc) is 2.48. The van der Waals surface area contributed by atoms with Crippen molar-refractivity contribution in [3.63, 3.8) is 0 Å². The highest BCUT2D eigenvalue weighted by Gasteiger charge is 2.09.